The van der Waals surface area contributed by atoms with E-state index < -0.39 is 5.82 Å². The zero-order valence-corrected chi connectivity index (χ0v) is 13.8. The summed E-state index contributed by atoms with van der Waals surface area (Å²) in [6.45, 7) is 4.06. The average molecular weight is 325 g/mol. The Morgan fingerprint density at radius 3 is 2.65 bits per heavy atom. The van der Waals surface area contributed by atoms with Crippen LogP contribution in [0, 0.1) is 19.7 Å². The number of ketones is 1. The van der Waals surface area contributed by atoms with Crippen molar-refractivity contribution in [3.05, 3.63) is 71.0 Å². The summed E-state index contributed by atoms with van der Waals surface area (Å²) < 4.78 is 13.6. The predicted octanol–water partition coefficient (Wildman–Crippen LogP) is 4.97. The van der Waals surface area contributed by atoms with Crippen molar-refractivity contribution in [3.8, 4) is 0 Å². The van der Waals surface area contributed by atoms with Crippen molar-refractivity contribution in [2.24, 2.45) is 0 Å². The van der Waals surface area contributed by atoms with E-state index in [0.29, 0.717) is 0 Å². The highest BCUT2D eigenvalue weighted by atomic mass is 32.2. The monoisotopic (exact) mass is 325 g/mol. The highest BCUT2D eigenvalue weighted by molar-refractivity contribution is 7.99. The SMILES string of the molecule is Cc1cc(SCC(=O)c2ccccc2F)nc2c(C)cccc12. The molecule has 0 N–H and O–H groups in total. The minimum absolute atomic E-state index is 0.133. The molecule has 0 radical (unpaired) electrons. The standard InChI is InChI=1S/C19H16FNOS/c1-12-6-5-8-14-13(2)10-18(21-19(12)14)23-11-17(22)15-7-3-4-9-16(15)20/h3-10H,11H2,1-2H3. The molecule has 0 spiro atoms. The number of hydrogen-bond acceptors (Lipinski definition) is 3. The predicted molar refractivity (Wildman–Crippen MR) is 92.7 cm³/mol. The van der Waals surface area contributed by atoms with E-state index in [9.17, 15) is 9.18 Å². The minimum atomic E-state index is -0.475. The summed E-state index contributed by atoms with van der Waals surface area (Å²) in [5.74, 6) is -0.529. The number of halogens is 1. The maximum Gasteiger partial charge on any atom is 0.176 e. The number of nitrogens with zero attached hydrogens (tertiary/aromatic N) is 1. The molecule has 1 aromatic heterocycles. The Bertz CT molecular complexity index is 892. The smallest absolute Gasteiger partial charge is 0.176 e. The number of aromatic nitrogens is 1. The van der Waals surface area contributed by atoms with Gasteiger partial charge in [-0.3, -0.25) is 4.79 Å². The van der Waals surface area contributed by atoms with Crippen LogP contribution in [0.15, 0.2) is 53.6 Å². The van der Waals surface area contributed by atoms with Crippen LogP contribution >= 0.6 is 11.8 Å². The number of hydrogen-bond donors (Lipinski definition) is 0. The van der Waals surface area contributed by atoms with E-state index in [4.69, 9.17) is 0 Å². The van der Waals surface area contributed by atoms with Crippen LogP contribution in [-0.2, 0) is 0 Å². The van der Waals surface area contributed by atoms with Gasteiger partial charge in [-0.2, -0.15) is 0 Å². The van der Waals surface area contributed by atoms with Crippen LogP contribution < -0.4 is 0 Å². The molecule has 0 aliphatic heterocycles. The third-order valence-corrected chi connectivity index (χ3v) is 4.66. The summed E-state index contributed by atoms with van der Waals surface area (Å²) in [6.07, 6.45) is 0. The number of fused-ring (bicyclic) bond motifs is 1. The molecule has 116 valence electrons. The van der Waals surface area contributed by atoms with Crippen molar-refractivity contribution >= 4 is 28.4 Å². The van der Waals surface area contributed by atoms with E-state index >= 15 is 0 Å². The molecule has 23 heavy (non-hydrogen) atoms. The fraction of sp³-hybridized carbons (Fsp3) is 0.158. The van der Waals surface area contributed by atoms with E-state index in [-0.39, 0.29) is 17.1 Å². The van der Waals surface area contributed by atoms with Gasteiger partial charge in [0.15, 0.2) is 5.78 Å². The van der Waals surface area contributed by atoms with Crippen molar-refractivity contribution < 1.29 is 9.18 Å². The van der Waals surface area contributed by atoms with Gasteiger partial charge in [-0.15, -0.1) is 0 Å². The lowest BCUT2D eigenvalue weighted by Gasteiger charge is -2.08. The molecule has 0 unspecified atom stereocenters. The van der Waals surface area contributed by atoms with Crippen LogP contribution in [-0.4, -0.2) is 16.5 Å². The third-order valence-electron chi connectivity index (χ3n) is 3.75. The quantitative estimate of drug-likeness (QED) is 0.501. The van der Waals surface area contributed by atoms with E-state index in [0.717, 1.165) is 27.1 Å². The van der Waals surface area contributed by atoms with E-state index in [1.165, 1.54) is 23.9 Å². The summed E-state index contributed by atoms with van der Waals surface area (Å²) >= 11 is 1.34. The zero-order valence-electron chi connectivity index (χ0n) is 13.0. The molecule has 4 heteroatoms. The number of aryl methyl sites for hydroxylation is 2. The molecular formula is C19H16FNOS. The van der Waals surface area contributed by atoms with Crippen LogP contribution in [0.2, 0.25) is 0 Å². The number of pyridine rings is 1. The molecule has 3 rings (SSSR count). The number of benzene rings is 2. The Hall–Kier alpha value is -2.20. The highest BCUT2D eigenvalue weighted by Gasteiger charge is 2.12. The van der Waals surface area contributed by atoms with Gasteiger partial charge in [0.25, 0.3) is 0 Å². The number of para-hydroxylation sites is 1. The summed E-state index contributed by atoms with van der Waals surface area (Å²) in [5, 5.41) is 1.91. The minimum Gasteiger partial charge on any atom is -0.293 e. The number of thioether (sulfide) groups is 1. The van der Waals surface area contributed by atoms with E-state index in [1.54, 1.807) is 12.1 Å². The molecule has 0 saturated heterocycles. The summed E-state index contributed by atoms with van der Waals surface area (Å²) in [6, 6.07) is 14.1. The Balaban J connectivity index is 1.84. The second kappa shape index (κ2) is 6.50. The first-order valence-corrected chi connectivity index (χ1v) is 8.32. The molecule has 0 aliphatic rings. The first-order valence-electron chi connectivity index (χ1n) is 7.34. The Labute approximate surface area is 138 Å². The van der Waals surface area contributed by atoms with Gasteiger partial charge in [0, 0.05) is 5.39 Å². The largest absolute Gasteiger partial charge is 0.293 e. The fourth-order valence-electron chi connectivity index (χ4n) is 2.51. The number of rotatable bonds is 4. The fourth-order valence-corrected chi connectivity index (χ4v) is 3.36. The molecule has 2 aromatic carbocycles. The van der Waals surface area contributed by atoms with Crippen LogP contribution in [0.4, 0.5) is 4.39 Å². The lowest BCUT2D eigenvalue weighted by molar-refractivity contribution is 0.101. The van der Waals surface area contributed by atoms with Crippen LogP contribution in [0.3, 0.4) is 0 Å². The van der Waals surface area contributed by atoms with Gasteiger partial charge >= 0.3 is 0 Å². The molecule has 0 aliphatic carbocycles. The van der Waals surface area contributed by atoms with Crippen molar-refractivity contribution in [2.75, 3.05) is 5.75 Å². The van der Waals surface area contributed by atoms with Gasteiger partial charge in [-0.1, -0.05) is 42.1 Å². The van der Waals surface area contributed by atoms with Crippen molar-refractivity contribution in [1.29, 1.82) is 0 Å². The Morgan fingerprint density at radius 1 is 1.09 bits per heavy atom. The maximum absolute atomic E-state index is 13.6. The normalized spacial score (nSPS) is 10.9. The Kier molecular flexibility index (Phi) is 4.44. The third kappa shape index (κ3) is 3.27. The second-order valence-corrected chi connectivity index (χ2v) is 6.44. The van der Waals surface area contributed by atoms with Gasteiger partial charge in [-0.05, 0) is 43.2 Å². The summed E-state index contributed by atoms with van der Waals surface area (Å²) in [7, 11) is 0. The zero-order chi connectivity index (χ0) is 16.4. The first-order chi connectivity index (χ1) is 11.1. The van der Waals surface area contributed by atoms with Crippen molar-refractivity contribution in [1.82, 2.24) is 4.98 Å². The first kappa shape index (κ1) is 15.7. The van der Waals surface area contributed by atoms with Crippen LogP contribution in [0.5, 0.6) is 0 Å². The molecule has 0 bridgehead atoms. The number of carbonyl (C=O) groups is 1. The summed E-state index contributed by atoms with van der Waals surface area (Å²) in [4.78, 5) is 16.8. The van der Waals surface area contributed by atoms with E-state index in [1.807, 2.05) is 38.1 Å². The van der Waals surface area contributed by atoms with Crippen LogP contribution in [0.25, 0.3) is 10.9 Å². The Morgan fingerprint density at radius 2 is 1.87 bits per heavy atom. The van der Waals surface area contributed by atoms with Crippen molar-refractivity contribution in [3.63, 3.8) is 0 Å². The molecule has 0 amide bonds. The molecule has 0 fully saturated rings. The molecule has 2 nitrogen and oxygen atoms in total. The second-order valence-electron chi connectivity index (χ2n) is 5.44. The molecule has 3 aromatic rings. The van der Waals surface area contributed by atoms with E-state index in [2.05, 4.69) is 4.98 Å². The number of carbonyl (C=O) groups excluding carboxylic acids is 1. The van der Waals surface area contributed by atoms with Crippen molar-refractivity contribution in [2.45, 2.75) is 18.9 Å². The number of Topliss-reactive ketones (excluding diaryl/α,β-unsaturated/α-hetero) is 1. The van der Waals surface area contributed by atoms with Crippen LogP contribution in [0.1, 0.15) is 21.5 Å². The lowest BCUT2D eigenvalue weighted by Crippen LogP contribution is -2.05. The highest BCUT2D eigenvalue weighted by Crippen LogP contribution is 2.26. The molecule has 0 atom stereocenters. The molecule has 1 heterocycles. The summed E-state index contributed by atoms with van der Waals surface area (Å²) in [5.41, 5.74) is 3.31. The van der Waals surface area contributed by atoms with Gasteiger partial charge in [-0.25, -0.2) is 9.37 Å². The van der Waals surface area contributed by atoms with Gasteiger partial charge in [0.1, 0.15) is 5.82 Å². The molecule has 0 saturated carbocycles. The van der Waals surface area contributed by atoms with Gasteiger partial charge in [0.2, 0.25) is 0 Å². The lowest BCUT2D eigenvalue weighted by atomic mass is 10.1. The van der Waals surface area contributed by atoms with Gasteiger partial charge in [0.05, 0.1) is 21.9 Å². The maximum atomic E-state index is 13.6. The average Bonchev–Trinajstić information content (AvgIpc) is 2.54. The molecular weight excluding hydrogens is 309 g/mol. The topological polar surface area (TPSA) is 30.0 Å². The van der Waals surface area contributed by atoms with Gasteiger partial charge < -0.3 is 0 Å².